The van der Waals surface area contributed by atoms with Gasteiger partial charge < -0.3 is 9.30 Å². The zero-order chi connectivity index (χ0) is 10.8. The van der Waals surface area contributed by atoms with E-state index in [1.54, 1.807) is 0 Å². The molecule has 0 aliphatic carbocycles. The largest absolute Gasteiger partial charge is 0.377 e. The maximum Gasteiger partial charge on any atom is 0.0737 e. The molecule has 1 aromatic carbocycles. The van der Waals surface area contributed by atoms with Crippen LogP contribution in [0.4, 0.5) is 0 Å². The lowest BCUT2D eigenvalue weighted by atomic mass is 10.2. The number of benzene rings is 1. The Kier molecular flexibility index (Phi) is 2.98. The molecule has 0 spiro atoms. The highest BCUT2D eigenvalue weighted by atomic mass is 35.5. The Morgan fingerprint density at radius 1 is 1.40 bits per heavy atom. The smallest absolute Gasteiger partial charge is 0.0737 e. The average molecular weight is 224 g/mol. The van der Waals surface area contributed by atoms with E-state index in [4.69, 9.17) is 16.3 Å². The molecule has 0 bridgehead atoms. The minimum absolute atomic E-state index is 0.662. The lowest BCUT2D eigenvalue weighted by Crippen LogP contribution is -1.90. The second-order valence-electron chi connectivity index (χ2n) is 3.56. The van der Waals surface area contributed by atoms with Crippen molar-refractivity contribution in [2.75, 3.05) is 6.61 Å². The maximum atomic E-state index is 5.96. The Morgan fingerprint density at radius 3 is 2.93 bits per heavy atom. The van der Waals surface area contributed by atoms with Crippen LogP contribution in [0.3, 0.4) is 0 Å². The van der Waals surface area contributed by atoms with Crippen LogP contribution in [-0.4, -0.2) is 11.2 Å². The Labute approximate surface area is 94.4 Å². The molecule has 0 amide bonds. The normalized spacial score (nSPS) is 11.1. The number of hydrogen-bond donors (Lipinski definition) is 0. The molecule has 0 aliphatic rings. The summed E-state index contributed by atoms with van der Waals surface area (Å²) in [5, 5.41) is 1.99. The van der Waals surface area contributed by atoms with Crippen molar-refractivity contribution in [3.05, 3.63) is 35.0 Å². The Bertz CT molecular complexity index is 476. The molecule has 0 aliphatic heterocycles. The van der Waals surface area contributed by atoms with E-state index >= 15 is 0 Å². The molecule has 2 aromatic rings. The lowest BCUT2D eigenvalue weighted by molar-refractivity contribution is 0.135. The minimum atomic E-state index is 0.662. The van der Waals surface area contributed by atoms with E-state index in [1.165, 1.54) is 10.9 Å². The number of rotatable bonds is 3. The van der Waals surface area contributed by atoms with Gasteiger partial charge in [-0.3, -0.25) is 0 Å². The Balaban J connectivity index is 2.48. The fourth-order valence-corrected chi connectivity index (χ4v) is 1.93. The molecular formula is C12H14ClNO. The molecule has 2 nitrogen and oxygen atoms in total. The predicted octanol–water partition coefficient (Wildman–Crippen LogP) is 3.37. The molecule has 80 valence electrons. The third kappa shape index (κ3) is 2.01. The summed E-state index contributed by atoms with van der Waals surface area (Å²) >= 11 is 5.96. The molecule has 2 rings (SSSR count). The fourth-order valence-electron chi connectivity index (χ4n) is 1.77. The summed E-state index contributed by atoms with van der Waals surface area (Å²) in [6.45, 7) is 3.40. The van der Waals surface area contributed by atoms with Crippen LogP contribution in [0.1, 0.15) is 12.5 Å². The molecule has 0 saturated heterocycles. The van der Waals surface area contributed by atoms with Crippen LogP contribution in [-0.2, 0) is 18.4 Å². The molecule has 15 heavy (non-hydrogen) atoms. The zero-order valence-electron chi connectivity index (χ0n) is 8.96. The summed E-state index contributed by atoms with van der Waals surface area (Å²) in [5.41, 5.74) is 2.36. The monoisotopic (exact) mass is 223 g/mol. The molecule has 3 heteroatoms. The molecule has 0 saturated carbocycles. The van der Waals surface area contributed by atoms with Crippen molar-refractivity contribution >= 4 is 22.5 Å². The van der Waals surface area contributed by atoms with Gasteiger partial charge in [-0.2, -0.15) is 0 Å². The standard InChI is InChI=1S/C12H14ClNO/c1-3-15-8-9-7-14(2)12-6-10(13)4-5-11(9)12/h4-7H,3,8H2,1-2H3. The highest BCUT2D eigenvalue weighted by molar-refractivity contribution is 6.31. The van der Waals surface area contributed by atoms with Gasteiger partial charge in [0.05, 0.1) is 6.61 Å². The number of aromatic nitrogens is 1. The van der Waals surface area contributed by atoms with Crippen LogP contribution in [0.25, 0.3) is 10.9 Å². The van der Waals surface area contributed by atoms with Crippen LogP contribution >= 0.6 is 11.6 Å². The first-order valence-electron chi connectivity index (χ1n) is 5.03. The van der Waals surface area contributed by atoms with Gasteiger partial charge >= 0.3 is 0 Å². The summed E-state index contributed by atoms with van der Waals surface area (Å²) in [4.78, 5) is 0. The van der Waals surface area contributed by atoms with Crippen molar-refractivity contribution < 1.29 is 4.74 Å². The SMILES string of the molecule is CCOCc1cn(C)c2cc(Cl)ccc12. The van der Waals surface area contributed by atoms with Gasteiger partial charge in [0, 0.05) is 41.3 Å². The number of nitrogens with zero attached hydrogens (tertiary/aromatic N) is 1. The minimum Gasteiger partial charge on any atom is -0.377 e. The quantitative estimate of drug-likeness (QED) is 0.778. The molecule has 0 N–H and O–H groups in total. The number of hydrogen-bond acceptors (Lipinski definition) is 1. The number of fused-ring (bicyclic) bond motifs is 1. The average Bonchev–Trinajstić information content (AvgIpc) is 2.53. The van der Waals surface area contributed by atoms with Gasteiger partial charge in [-0.1, -0.05) is 17.7 Å². The van der Waals surface area contributed by atoms with Gasteiger partial charge in [0.15, 0.2) is 0 Å². The second-order valence-corrected chi connectivity index (χ2v) is 4.00. The Morgan fingerprint density at radius 2 is 2.20 bits per heavy atom. The van der Waals surface area contributed by atoms with Crippen molar-refractivity contribution in [2.45, 2.75) is 13.5 Å². The van der Waals surface area contributed by atoms with E-state index in [0.29, 0.717) is 6.61 Å². The fraction of sp³-hybridized carbons (Fsp3) is 0.333. The van der Waals surface area contributed by atoms with Crippen LogP contribution in [0, 0.1) is 0 Å². The summed E-state index contributed by atoms with van der Waals surface area (Å²) in [5.74, 6) is 0. The van der Waals surface area contributed by atoms with Crippen LogP contribution in [0.5, 0.6) is 0 Å². The van der Waals surface area contributed by atoms with Crippen molar-refractivity contribution in [3.8, 4) is 0 Å². The van der Waals surface area contributed by atoms with Gasteiger partial charge in [-0.15, -0.1) is 0 Å². The molecule has 0 unspecified atom stereocenters. The van der Waals surface area contributed by atoms with Crippen LogP contribution in [0.15, 0.2) is 24.4 Å². The van der Waals surface area contributed by atoms with Gasteiger partial charge in [-0.05, 0) is 19.1 Å². The van der Waals surface area contributed by atoms with Gasteiger partial charge in [0.25, 0.3) is 0 Å². The van der Waals surface area contributed by atoms with Gasteiger partial charge in [-0.25, -0.2) is 0 Å². The van der Waals surface area contributed by atoms with Crippen LogP contribution < -0.4 is 0 Å². The Hall–Kier alpha value is -0.990. The molecule has 1 aromatic heterocycles. The van der Waals surface area contributed by atoms with E-state index < -0.39 is 0 Å². The predicted molar refractivity (Wildman–Crippen MR) is 63.3 cm³/mol. The molecule has 0 radical (unpaired) electrons. The first-order valence-corrected chi connectivity index (χ1v) is 5.41. The van der Waals surface area contributed by atoms with Crippen molar-refractivity contribution in [1.29, 1.82) is 0 Å². The van der Waals surface area contributed by atoms with Crippen molar-refractivity contribution in [2.24, 2.45) is 7.05 Å². The van der Waals surface area contributed by atoms with E-state index in [0.717, 1.165) is 17.1 Å². The summed E-state index contributed by atoms with van der Waals surface area (Å²) in [6.07, 6.45) is 2.09. The van der Waals surface area contributed by atoms with Crippen molar-refractivity contribution in [3.63, 3.8) is 0 Å². The van der Waals surface area contributed by atoms with E-state index in [-0.39, 0.29) is 0 Å². The summed E-state index contributed by atoms with van der Waals surface area (Å²) in [6, 6.07) is 5.94. The zero-order valence-corrected chi connectivity index (χ0v) is 9.71. The molecule has 0 atom stereocenters. The second kappa shape index (κ2) is 4.25. The van der Waals surface area contributed by atoms with Gasteiger partial charge in [0.2, 0.25) is 0 Å². The molecular weight excluding hydrogens is 210 g/mol. The summed E-state index contributed by atoms with van der Waals surface area (Å²) in [7, 11) is 2.02. The van der Waals surface area contributed by atoms with Crippen molar-refractivity contribution in [1.82, 2.24) is 4.57 Å². The highest BCUT2D eigenvalue weighted by Crippen LogP contribution is 2.24. The molecule has 0 fully saturated rings. The third-order valence-electron chi connectivity index (χ3n) is 2.50. The van der Waals surface area contributed by atoms with E-state index in [9.17, 15) is 0 Å². The topological polar surface area (TPSA) is 14.2 Å². The third-order valence-corrected chi connectivity index (χ3v) is 2.73. The van der Waals surface area contributed by atoms with E-state index in [2.05, 4.69) is 10.8 Å². The molecule has 1 heterocycles. The van der Waals surface area contributed by atoms with Gasteiger partial charge in [0.1, 0.15) is 0 Å². The lowest BCUT2D eigenvalue weighted by Gasteiger charge is -1.99. The first kappa shape index (κ1) is 10.5. The highest BCUT2D eigenvalue weighted by Gasteiger charge is 2.06. The first-order chi connectivity index (χ1) is 7.22. The number of ether oxygens (including phenoxy) is 1. The maximum absolute atomic E-state index is 5.96. The summed E-state index contributed by atoms with van der Waals surface area (Å²) < 4.78 is 7.50. The van der Waals surface area contributed by atoms with Crippen LogP contribution in [0.2, 0.25) is 5.02 Å². The number of halogens is 1. The van der Waals surface area contributed by atoms with E-state index in [1.807, 2.05) is 32.2 Å². The number of aryl methyl sites for hydroxylation is 1.